The Morgan fingerprint density at radius 2 is 1.94 bits per heavy atom. The number of halogens is 2. The number of likely N-dealkylation sites (tertiary alicyclic amines) is 1. The van der Waals surface area contributed by atoms with Gasteiger partial charge in [0, 0.05) is 29.7 Å². The van der Waals surface area contributed by atoms with Crippen molar-refractivity contribution in [2.75, 3.05) is 11.9 Å². The van der Waals surface area contributed by atoms with Crippen LogP contribution in [0.2, 0.25) is 10.0 Å². The molecule has 1 saturated heterocycles. The SMILES string of the molecule is CCC(C)C(=O)Nc1cccc(CNC(=O)C2CCCN2C(=O)c2cc(Cl)ccc2Cl)c1. The normalized spacial score (nSPS) is 16.5. The van der Waals surface area contributed by atoms with Gasteiger partial charge in [-0.25, -0.2) is 0 Å². The van der Waals surface area contributed by atoms with Crippen molar-refractivity contribution in [2.45, 2.75) is 45.7 Å². The van der Waals surface area contributed by atoms with E-state index < -0.39 is 6.04 Å². The predicted molar refractivity (Wildman–Crippen MR) is 127 cm³/mol. The summed E-state index contributed by atoms with van der Waals surface area (Å²) < 4.78 is 0. The first-order chi connectivity index (χ1) is 15.3. The van der Waals surface area contributed by atoms with E-state index in [1.807, 2.05) is 38.1 Å². The lowest BCUT2D eigenvalue weighted by Crippen LogP contribution is -2.45. The first-order valence-corrected chi connectivity index (χ1v) is 11.5. The molecule has 2 aromatic carbocycles. The summed E-state index contributed by atoms with van der Waals surface area (Å²) >= 11 is 12.2. The summed E-state index contributed by atoms with van der Waals surface area (Å²) in [4.78, 5) is 39.5. The monoisotopic (exact) mass is 475 g/mol. The van der Waals surface area contributed by atoms with Crippen LogP contribution in [-0.4, -0.2) is 35.2 Å². The van der Waals surface area contributed by atoms with E-state index in [9.17, 15) is 14.4 Å². The first kappa shape index (κ1) is 24.1. The van der Waals surface area contributed by atoms with E-state index in [2.05, 4.69) is 10.6 Å². The van der Waals surface area contributed by atoms with E-state index in [-0.39, 0.29) is 23.6 Å². The standard InChI is InChI=1S/C24H27Cl2N3O3/c1-3-15(2)22(30)28-18-7-4-6-16(12-18)14-27-23(31)21-8-5-11-29(21)24(32)19-13-17(25)9-10-20(19)26/h4,6-7,9-10,12-13,15,21H,3,5,8,11,14H2,1-2H3,(H,27,31)(H,28,30). The lowest BCUT2D eigenvalue weighted by atomic mass is 10.1. The van der Waals surface area contributed by atoms with Crippen molar-refractivity contribution in [3.8, 4) is 0 Å². The fourth-order valence-electron chi connectivity index (χ4n) is 3.62. The molecular weight excluding hydrogens is 449 g/mol. The zero-order valence-corrected chi connectivity index (χ0v) is 19.7. The number of anilines is 1. The van der Waals surface area contributed by atoms with Crippen LogP contribution in [0.4, 0.5) is 5.69 Å². The van der Waals surface area contributed by atoms with Crippen molar-refractivity contribution in [3.05, 3.63) is 63.6 Å². The van der Waals surface area contributed by atoms with Gasteiger partial charge in [0.1, 0.15) is 6.04 Å². The number of carbonyl (C=O) groups is 3. The second-order valence-corrected chi connectivity index (χ2v) is 8.84. The quantitative estimate of drug-likeness (QED) is 0.597. The van der Waals surface area contributed by atoms with Gasteiger partial charge < -0.3 is 15.5 Å². The Morgan fingerprint density at radius 3 is 2.69 bits per heavy atom. The zero-order valence-electron chi connectivity index (χ0n) is 18.2. The van der Waals surface area contributed by atoms with Gasteiger partial charge in [0.05, 0.1) is 10.6 Å². The molecule has 2 N–H and O–H groups in total. The van der Waals surface area contributed by atoms with Gasteiger partial charge in [-0.15, -0.1) is 0 Å². The minimum Gasteiger partial charge on any atom is -0.350 e. The van der Waals surface area contributed by atoms with Gasteiger partial charge in [-0.3, -0.25) is 14.4 Å². The van der Waals surface area contributed by atoms with Gasteiger partial charge in [-0.1, -0.05) is 49.2 Å². The van der Waals surface area contributed by atoms with Gasteiger partial charge >= 0.3 is 0 Å². The van der Waals surface area contributed by atoms with Crippen LogP contribution >= 0.6 is 23.2 Å². The Bertz CT molecular complexity index is 1010. The summed E-state index contributed by atoms with van der Waals surface area (Å²) in [5.74, 6) is -0.626. The Labute approximate surface area is 198 Å². The summed E-state index contributed by atoms with van der Waals surface area (Å²) in [7, 11) is 0. The summed E-state index contributed by atoms with van der Waals surface area (Å²) in [6.07, 6.45) is 2.08. The highest BCUT2D eigenvalue weighted by atomic mass is 35.5. The molecule has 1 fully saturated rings. The number of nitrogens with one attached hydrogen (secondary N) is 2. The molecule has 0 aliphatic carbocycles. The van der Waals surface area contributed by atoms with Gasteiger partial charge in [-0.2, -0.15) is 0 Å². The van der Waals surface area contributed by atoms with E-state index in [0.29, 0.717) is 40.8 Å². The highest BCUT2D eigenvalue weighted by Gasteiger charge is 2.35. The predicted octanol–water partition coefficient (Wildman–Crippen LogP) is 4.90. The van der Waals surface area contributed by atoms with Crippen LogP contribution in [-0.2, 0) is 16.1 Å². The van der Waals surface area contributed by atoms with Crippen molar-refractivity contribution < 1.29 is 14.4 Å². The Hall–Kier alpha value is -2.57. The molecule has 1 aliphatic heterocycles. The second-order valence-electron chi connectivity index (χ2n) is 8.00. The van der Waals surface area contributed by atoms with Crippen LogP contribution < -0.4 is 10.6 Å². The number of amides is 3. The smallest absolute Gasteiger partial charge is 0.256 e. The average Bonchev–Trinajstić information content (AvgIpc) is 3.28. The molecule has 0 saturated carbocycles. The van der Waals surface area contributed by atoms with Crippen molar-refractivity contribution in [1.82, 2.24) is 10.2 Å². The fourth-order valence-corrected chi connectivity index (χ4v) is 3.99. The number of rotatable bonds is 7. The van der Waals surface area contributed by atoms with Crippen molar-refractivity contribution >= 4 is 46.6 Å². The maximum Gasteiger partial charge on any atom is 0.256 e. The van der Waals surface area contributed by atoms with Crippen LogP contribution in [0.25, 0.3) is 0 Å². The highest BCUT2D eigenvalue weighted by molar-refractivity contribution is 6.35. The van der Waals surface area contributed by atoms with Gasteiger partial charge in [0.25, 0.3) is 5.91 Å². The van der Waals surface area contributed by atoms with Crippen molar-refractivity contribution in [1.29, 1.82) is 0 Å². The number of benzene rings is 2. The van der Waals surface area contributed by atoms with Gasteiger partial charge in [-0.05, 0) is 55.2 Å². The lowest BCUT2D eigenvalue weighted by Gasteiger charge is -2.24. The molecule has 2 aromatic rings. The second kappa shape index (κ2) is 10.8. The zero-order chi connectivity index (χ0) is 23.3. The molecule has 0 spiro atoms. The minimum atomic E-state index is -0.564. The maximum absolute atomic E-state index is 13.0. The summed E-state index contributed by atoms with van der Waals surface area (Å²) in [5, 5.41) is 6.53. The third kappa shape index (κ3) is 5.81. The van der Waals surface area contributed by atoms with E-state index >= 15 is 0 Å². The largest absolute Gasteiger partial charge is 0.350 e. The number of hydrogen-bond donors (Lipinski definition) is 2. The first-order valence-electron chi connectivity index (χ1n) is 10.7. The average molecular weight is 476 g/mol. The molecule has 0 radical (unpaired) electrons. The molecule has 6 nitrogen and oxygen atoms in total. The molecule has 3 rings (SSSR count). The van der Waals surface area contributed by atoms with E-state index in [1.54, 1.807) is 17.0 Å². The summed E-state index contributed by atoms with van der Waals surface area (Å²) in [5.41, 5.74) is 1.84. The highest BCUT2D eigenvalue weighted by Crippen LogP contribution is 2.26. The molecular formula is C24H27Cl2N3O3. The fraction of sp³-hybridized carbons (Fsp3) is 0.375. The van der Waals surface area contributed by atoms with Crippen molar-refractivity contribution in [3.63, 3.8) is 0 Å². The van der Waals surface area contributed by atoms with Gasteiger partial charge in [0.15, 0.2) is 0 Å². The van der Waals surface area contributed by atoms with Crippen LogP contribution in [0.15, 0.2) is 42.5 Å². The summed E-state index contributed by atoms with van der Waals surface area (Å²) in [6.45, 7) is 4.62. The topological polar surface area (TPSA) is 78.5 Å². The van der Waals surface area contributed by atoms with E-state index in [0.717, 1.165) is 18.4 Å². The summed E-state index contributed by atoms with van der Waals surface area (Å²) in [6, 6.07) is 11.5. The van der Waals surface area contributed by atoms with E-state index in [1.165, 1.54) is 6.07 Å². The number of carbonyl (C=O) groups excluding carboxylic acids is 3. The van der Waals surface area contributed by atoms with Crippen LogP contribution in [0.5, 0.6) is 0 Å². The molecule has 170 valence electrons. The van der Waals surface area contributed by atoms with Crippen LogP contribution in [0.3, 0.4) is 0 Å². The lowest BCUT2D eigenvalue weighted by molar-refractivity contribution is -0.125. The van der Waals surface area contributed by atoms with Crippen LogP contribution in [0.1, 0.15) is 49.0 Å². The molecule has 1 heterocycles. The van der Waals surface area contributed by atoms with E-state index in [4.69, 9.17) is 23.2 Å². The molecule has 2 atom stereocenters. The number of hydrogen-bond acceptors (Lipinski definition) is 3. The molecule has 32 heavy (non-hydrogen) atoms. The molecule has 0 bridgehead atoms. The molecule has 2 unspecified atom stereocenters. The Kier molecular flexibility index (Phi) is 8.15. The maximum atomic E-state index is 13.0. The third-order valence-electron chi connectivity index (χ3n) is 5.70. The van der Waals surface area contributed by atoms with Crippen LogP contribution in [0, 0.1) is 5.92 Å². The number of nitrogens with zero attached hydrogens (tertiary/aromatic N) is 1. The molecule has 1 aliphatic rings. The minimum absolute atomic E-state index is 0.0338. The molecule has 8 heteroatoms. The Morgan fingerprint density at radius 1 is 1.16 bits per heavy atom. The third-order valence-corrected chi connectivity index (χ3v) is 6.26. The van der Waals surface area contributed by atoms with Gasteiger partial charge in [0.2, 0.25) is 11.8 Å². The Balaban J connectivity index is 1.63. The molecule has 0 aromatic heterocycles. The van der Waals surface area contributed by atoms with Crippen molar-refractivity contribution in [2.24, 2.45) is 5.92 Å². The molecule has 3 amide bonds.